The van der Waals surface area contributed by atoms with E-state index in [0.29, 0.717) is 0 Å². The molecule has 0 spiro atoms. The highest BCUT2D eigenvalue weighted by molar-refractivity contribution is 5.85. The number of carbonyl (C=O) groups is 1. The number of halogens is 2. The minimum atomic E-state index is -2.85. The predicted octanol–water partition coefficient (Wildman–Crippen LogP) is 3.79. The number of benzene rings is 1. The summed E-state index contributed by atoms with van der Waals surface area (Å²) >= 11 is 0. The van der Waals surface area contributed by atoms with E-state index in [1.807, 2.05) is 24.5 Å². The van der Waals surface area contributed by atoms with E-state index in [2.05, 4.69) is 4.74 Å². The van der Waals surface area contributed by atoms with Crippen LogP contribution in [0.5, 0.6) is 5.75 Å². The molecule has 116 valence electrons. The van der Waals surface area contributed by atoms with Crippen molar-refractivity contribution in [1.29, 1.82) is 0 Å². The molecule has 0 aliphatic carbocycles. The Morgan fingerprint density at radius 2 is 1.91 bits per heavy atom. The molecule has 2 aromatic rings. The van der Waals surface area contributed by atoms with Gasteiger partial charge in [0.2, 0.25) is 0 Å². The monoisotopic (exact) mass is 307 g/mol. The van der Waals surface area contributed by atoms with Crippen LogP contribution in [0.1, 0.15) is 17.0 Å². The van der Waals surface area contributed by atoms with E-state index >= 15 is 0 Å². The van der Waals surface area contributed by atoms with Crippen molar-refractivity contribution in [3.05, 3.63) is 53.4 Å². The molecule has 0 unspecified atom stereocenters. The molecule has 0 saturated carbocycles. The normalized spacial score (nSPS) is 11.3. The highest BCUT2D eigenvalue weighted by atomic mass is 19.3. The number of carboxylic acids is 1. The first-order chi connectivity index (χ1) is 10.4. The topological polar surface area (TPSA) is 51.5 Å². The molecular formula is C16H15F2NO3. The van der Waals surface area contributed by atoms with Crippen molar-refractivity contribution in [3.63, 3.8) is 0 Å². The van der Waals surface area contributed by atoms with Crippen LogP contribution in [-0.4, -0.2) is 22.3 Å². The third-order valence-corrected chi connectivity index (χ3v) is 3.20. The Bertz CT molecular complexity index is 703. The van der Waals surface area contributed by atoms with Gasteiger partial charge in [0.15, 0.2) is 0 Å². The molecule has 0 atom stereocenters. The van der Waals surface area contributed by atoms with Gasteiger partial charge >= 0.3 is 12.6 Å². The quantitative estimate of drug-likeness (QED) is 0.855. The standard InChI is InChI=1S/C16H15F2NO3/c1-10-9-12(3-8-15(20)21)11(2)19(10)13-4-6-14(7-5-13)22-16(17)18/h3-9,16H,1-2H3,(H,20,21)/b8-3-. The van der Waals surface area contributed by atoms with E-state index < -0.39 is 12.6 Å². The Morgan fingerprint density at radius 1 is 1.27 bits per heavy atom. The molecule has 0 radical (unpaired) electrons. The molecule has 0 saturated heterocycles. The second kappa shape index (κ2) is 6.43. The second-order valence-corrected chi connectivity index (χ2v) is 4.71. The fourth-order valence-electron chi connectivity index (χ4n) is 2.29. The summed E-state index contributed by atoms with van der Waals surface area (Å²) in [6.07, 6.45) is 2.60. The van der Waals surface area contributed by atoms with Crippen LogP contribution in [0.25, 0.3) is 11.8 Å². The SMILES string of the molecule is Cc1cc(/C=C\C(=O)O)c(C)n1-c1ccc(OC(F)F)cc1. The Balaban J connectivity index is 2.34. The van der Waals surface area contributed by atoms with Crippen molar-refractivity contribution in [1.82, 2.24) is 4.57 Å². The molecule has 0 amide bonds. The molecule has 6 heteroatoms. The number of aryl methyl sites for hydroxylation is 1. The van der Waals surface area contributed by atoms with Crippen LogP contribution in [0.2, 0.25) is 0 Å². The van der Waals surface area contributed by atoms with Crippen LogP contribution in [0.15, 0.2) is 36.4 Å². The molecule has 0 fully saturated rings. The zero-order chi connectivity index (χ0) is 16.3. The number of carboxylic acid groups (broad SMARTS) is 1. The minimum Gasteiger partial charge on any atom is -0.478 e. The van der Waals surface area contributed by atoms with Crippen molar-refractivity contribution in [2.24, 2.45) is 0 Å². The van der Waals surface area contributed by atoms with Gasteiger partial charge in [-0.1, -0.05) is 0 Å². The largest absolute Gasteiger partial charge is 0.478 e. The molecule has 1 heterocycles. The van der Waals surface area contributed by atoms with Gasteiger partial charge in [-0.2, -0.15) is 8.78 Å². The molecule has 1 N–H and O–H groups in total. The number of aliphatic carboxylic acids is 1. The predicted molar refractivity (Wildman–Crippen MR) is 78.5 cm³/mol. The number of aromatic nitrogens is 1. The van der Waals surface area contributed by atoms with Gasteiger partial charge in [-0.15, -0.1) is 0 Å². The summed E-state index contributed by atoms with van der Waals surface area (Å²) in [6, 6.07) is 8.13. The number of hydrogen-bond acceptors (Lipinski definition) is 2. The first-order valence-electron chi connectivity index (χ1n) is 6.53. The smallest absolute Gasteiger partial charge is 0.387 e. The zero-order valence-corrected chi connectivity index (χ0v) is 12.1. The first-order valence-corrected chi connectivity index (χ1v) is 6.53. The molecule has 1 aromatic heterocycles. The highest BCUT2D eigenvalue weighted by Crippen LogP contribution is 2.24. The van der Waals surface area contributed by atoms with Gasteiger partial charge in [0.1, 0.15) is 5.75 Å². The number of rotatable bonds is 5. The second-order valence-electron chi connectivity index (χ2n) is 4.71. The van der Waals surface area contributed by atoms with E-state index in [1.165, 1.54) is 18.2 Å². The number of nitrogens with zero attached hydrogens (tertiary/aromatic N) is 1. The van der Waals surface area contributed by atoms with Crippen LogP contribution in [0.3, 0.4) is 0 Å². The summed E-state index contributed by atoms with van der Waals surface area (Å²) in [5, 5.41) is 8.69. The maximum atomic E-state index is 12.1. The summed E-state index contributed by atoms with van der Waals surface area (Å²) < 4.78 is 30.5. The van der Waals surface area contributed by atoms with Gasteiger partial charge in [0.25, 0.3) is 0 Å². The number of hydrogen-bond donors (Lipinski definition) is 1. The van der Waals surface area contributed by atoms with Crippen molar-refractivity contribution in [3.8, 4) is 11.4 Å². The Labute approximate surface area is 126 Å². The molecular weight excluding hydrogens is 292 g/mol. The summed E-state index contributed by atoms with van der Waals surface area (Å²) in [5.41, 5.74) is 3.34. The molecule has 0 bridgehead atoms. The summed E-state index contributed by atoms with van der Waals surface area (Å²) in [5.74, 6) is -0.925. The van der Waals surface area contributed by atoms with Crippen molar-refractivity contribution in [2.75, 3.05) is 0 Å². The van der Waals surface area contributed by atoms with E-state index in [-0.39, 0.29) is 5.75 Å². The van der Waals surface area contributed by atoms with Crippen LogP contribution in [-0.2, 0) is 4.79 Å². The lowest BCUT2D eigenvalue weighted by Crippen LogP contribution is -2.03. The van der Waals surface area contributed by atoms with Gasteiger partial charge in [-0.25, -0.2) is 4.79 Å². The van der Waals surface area contributed by atoms with E-state index in [4.69, 9.17) is 5.11 Å². The lowest BCUT2D eigenvalue weighted by molar-refractivity contribution is -0.131. The Kier molecular flexibility index (Phi) is 4.60. The Hall–Kier alpha value is -2.63. The lowest BCUT2D eigenvalue weighted by atomic mass is 10.2. The van der Waals surface area contributed by atoms with Gasteiger partial charge in [-0.3, -0.25) is 0 Å². The molecule has 0 aliphatic heterocycles. The minimum absolute atomic E-state index is 0.0900. The zero-order valence-electron chi connectivity index (χ0n) is 12.1. The van der Waals surface area contributed by atoms with E-state index in [1.54, 1.807) is 12.1 Å². The average Bonchev–Trinajstić information content (AvgIpc) is 2.72. The molecule has 1 aromatic carbocycles. The average molecular weight is 307 g/mol. The van der Waals surface area contributed by atoms with Gasteiger partial charge in [0.05, 0.1) is 0 Å². The van der Waals surface area contributed by atoms with Crippen molar-refractivity contribution < 1.29 is 23.4 Å². The molecule has 0 aliphatic rings. The third-order valence-electron chi connectivity index (χ3n) is 3.20. The van der Waals surface area contributed by atoms with E-state index in [0.717, 1.165) is 28.7 Å². The molecule has 4 nitrogen and oxygen atoms in total. The third kappa shape index (κ3) is 3.52. The maximum absolute atomic E-state index is 12.1. The van der Waals surface area contributed by atoms with E-state index in [9.17, 15) is 13.6 Å². The van der Waals surface area contributed by atoms with Crippen LogP contribution < -0.4 is 4.74 Å². The fourth-order valence-corrected chi connectivity index (χ4v) is 2.29. The summed E-state index contributed by atoms with van der Waals surface area (Å²) in [4.78, 5) is 10.6. The van der Waals surface area contributed by atoms with Crippen LogP contribution in [0.4, 0.5) is 8.78 Å². The first kappa shape index (κ1) is 15.8. The van der Waals surface area contributed by atoms with Crippen molar-refractivity contribution in [2.45, 2.75) is 20.5 Å². The van der Waals surface area contributed by atoms with Crippen LogP contribution in [0, 0.1) is 13.8 Å². The highest BCUT2D eigenvalue weighted by Gasteiger charge is 2.10. The van der Waals surface area contributed by atoms with Crippen LogP contribution >= 0.6 is 0 Å². The van der Waals surface area contributed by atoms with Crippen molar-refractivity contribution >= 4 is 12.0 Å². The number of ether oxygens (including phenoxy) is 1. The Morgan fingerprint density at radius 3 is 2.45 bits per heavy atom. The molecule has 22 heavy (non-hydrogen) atoms. The lowest BCUT2D eigenvalue weighted by Gasteiger charge is -2.11. The number of alkyl halides is 2. The van der Waals surface area contributed by atoms with Gasteiger partial charge in [-0.05, 0) is 55.8 Å². The summed E-state index contributed by atoms with van der Waals surface area (Å²) in [7, 11) is 0. The van der Waals surface area contributed by atoms with Gasteiger partial charge in [0, 0.05) is 23.2 Å². The summed E-state index contributed by atoms with van der Waals surface area (Å²) in [6.45, 7) is 0.890. The maximum Gasteiger partial charge on any atom is 0.387 e. The van der Waals surface area contributed by atoms with Gasteiger partial charge < -0.3 is 14.4 Å². The molecule has 2 rings (SSSR count). The fraction of sp³-hybridized carbons (Fsp3) is 0.188.